The van der Waals surface area contributed by atoms with Gasteiger partial charge in [0.05, 0.1) is 28.2 Å². The van der Waals surface area contributed by atoms with Gasteiger partial charge in [-0.3, -0.25) is 4.21 Å². The summed E-state index contributed by atoms with van der Waals surface area (Å²) in [6.45, 7) is 4.25. The minimum Gasteiger partial charge on any atom is -0.254 e. The van der Waals surface area contributed by atoms with Crippen LogP contribution in [0.3, 0.4) is 0 Å². The van der Waals surface area contributed by atoms with E-state index in [9.17, 15) is 4.21 Å². The van der Waals surface area contributed by atoms with Gasteiger partial charge < -0.3 is 0 Å². The highest BCUT2D eigenvalue weighted by Crippen LogP contribution is 2.22. The van der Waals surface area contributed by atoms with Crippen molar-refractivity contribution in [1.29, 1.82) is 5.26 Å². The lowest BCUT2D eigenvalue weighted by Crippen LogP contribution is -1.98. The van der Waals surface area contributed by atoms with Crippen LogP contribution in [0.25, 0.3) is 0 Å². The Morgan fingerprint density at radius 3 is 2.38 bits per heavy atom. The molecule has 0 aliphatic rings. The number of rotatable bonds is 4. The van der Waals surface area contributed by atoms with Gasteiger partial charge in [0.15, 0.2) is 0 Å². The van der Waals surface area contributed by atoms with Gasteiger partial charge in [-0.05, 0) is 41.3 Å². The summed E-state index contributed by atoms with van der Waals surface area (Å²) in [6, 6.07) is 14.9. The second kappa shape index (κ2) is 6.89. The number of hydrogen-bond donors (Lipinski definition) is 0. The Hall–Kier alpha value is -1.63. The minimum absolute atomic E-state index is 0.353. The molecule has 0 fully saturated rings. The van der Waals surface area contributed by atoms with Crippen LogP contribution in [0.4, 0.5) is 0 Å². The zero-order valence-electron chi connectivity index (χ0n) is 12.0. The van der Waals surface area contributed by atoms with E-state index in [1.807, 2.05) is 30.3 Å². The number of nitrogens with zero attached hydrogens (tertiary/aromatic N) is 1. The van der Waals surface area contributed by atoms with E-state index in [1.54, 1.807) is 18.2 Å². The highest BCUT2D eigenvalue weighted by atomic mass is 35.5. The maximum atomic E-state index is 12.4. The van der Waals surface area contributed by atoms with Crippen LogP contribution < -0.4 is 0 Å². The average Bonchev–Trinajstić information content (AvgIpc) is 2.49. The second-order valence-electron chi connectivity index (χ2n) is 5.13. The van der Waals surface area contributed by atoms with Gasteiger partial charge in [-0.2, -0.15) is 5.26 Å². The fourth-order valence-corrected chi connectivity index (χ4v) is 3.43. The van der Waals surface area contributed by atoms with E-state index in [1.165, 1.54) is 5.56 Å². The molecule has 2 rings (SSSR count). The number of halogens is 1. The average molecular weight is 318 g/mol. The van der Waals surface area contributed by atoms with Crippen molar-refractivity contribution in [3.63, 3.8) is 0 Å². The van der Waals surface area contributed by atoms with E-state index in [4.69, 9.17) is 16.9 Å². The smallest absolute Gasteiger partial charge is 0.0992 e. The Morgan fingerprint density at radius 1 is 1.19 bits per heavy atom. The molecule has 2 nitrogen and oxygen atoms in total. The van der Waals surface area contributed by atoms with Crippen molar-refractivity contribution in [3.8, 4) is 6.07 Å². The molecule has 2 aromatic rings. The van der Waals surface area contributed by atoms with Gasteiger partial charge in [0.1, 0.15) is 0 Å². The van der Waals surface area contributed by atoms with Gasteiger partial charge in [-0.15, -0.1) is 0 Å². The van der Waals surface area contributed by atoms with Crippen molar-refractivity contribution in [2.45, 2.75) is 30.4 Å². The van der Waals surface area contributed by atoms with Gasteiger partial charge >= 0.3 is 0 Å². The molecule has 0 aliphatic carbocycles. The summed E-state index contributed by atoms with van der Waals surface area (Å²) in [5.41, 5.74) is 2.53. The molecular formula is C17H16ClNOS. The highest BCUT2D eigenvalue weighted by molar-refractivity contribution is 7.84. The minimum atomic E-state index is -1.14. The predicted octanol–water partition coefficient (Wildman–Crippen LogP) is 4.64. The largest absolute Gasteiger partial charge is 0.254 e. The zero-order valence-corrected chi connectivity index (χ0v) is 13.5. The van der Waals surface area contributed by atoms with Gasteiger partial charge in [0.25, 0.3) is 0 Å². The first-order valence-corrected chi connectivity index (χ1v) is 8.38. The zero-order chi connectivity index (χ0) is 15.4. The Balaban J connectivity index is 2.16. The van der Waals surface area contributed by atoms with Crippen LogP contribution in [0.2, 0.25) is 5.02 Å². The molecule has 0 amide bonds. The quantitative estimate of drug-likeness (QED) is 0.824. The third kappa shape index (κ3) is 3.93. The molecule has 1 unspecified atom stereocenters. The molecule has 1 atom stereocenters. The molecule has 0 heterocycles. The molecule has 2 aromatic carbocycles. The molecule has 0 saturated carbocycles. The van der Waals surface area contributed by atoms with Crippen LogP contribution in [-0.2, 0) is 16.6 Å². The molecule has 108 valence electrons. The lowest BCUT2D eigenvalue weighted by atomic mass is 10.0. The molecule has 0 N–H and O–H groups in total. The second-order valence-corrected chi connectivity index (χ2v) is 6.99. The third-order valence-corrected chi connectivity index (χ3v) is 5.00. The van der Waals surface area contributed by atoms with E-state index >= 15 is 0 Å². The predicted molar refractivity (Wildman–Crippen MR) is 86.8 cm³/mol. The van der Waals surface area contributed by atoms with Crippen molar-refractivity contribution in [2.24, 2.45) is 0 Å². The van der Waals surface area contributed by atoms with Crippen molar-refractivity contribution in [2.75, 3.05) is 0 Å². The highest BCUT2D eigenvalue weighted by Gasteiger charge is 2.09. The van der Waals surface area contributed by atoms with Gasteiger partial charge in [0.2, 0.25) is 0 Å². The van der Waals surface area contributed by atoms with E-state index in [2.05, 4.69) is 13.8 Å². The van der Waals surface area contributed by atoms with Crippen LogP contribution in [0.15, 0.2) is 47.4 Å². The summed E-state index contributed by atoms with van der Waals surface area (Å²) in [6.07, 6.45) is 0. The van der Waals surface area contributed by atoms with Crippen LogP contribution in [0.1, 0.15) is 36.5 Å². The summed E-state index contributed by atoms with van der Waals surface area (Å²) < 4.78 is 12.4. The summed E-state index contributed by atoms with van der Waals surface area (Å²) in [7, 11) is -1.14. The Labute approximate surface area is 132 Å². The summed E-state index contributed by atoms with van der Waals surface area (Å²) in [5.74, 6) is 0.812. The van der Waals surface area contributed by atoms with Gasteiger partial charge in [0, 0.05) is 9.92 Å². The van der Waals surface area contributed by atoms with Crippen LogP contribution >= 0.6 is 11.6 Å². The summed E-state index contributed by atoms with van der Waals surface area (Å²) >= 11 is 6.12. The van der Waals surface area contributed by atoms with Crippen molar-refractivity contribution in [3.05, 3.63) is 64.2 Å². The first-order chi connectivity index (χ1) is 10.0. The van der Waals surface area contributed by atoms with Crippen molar-refractivity contribution < 1.29 is 4.21 Å². The molecule has 0 bridgehead atoms. The standard InChI is InChI=1S/C17H16ClNOS/c1-12(2)14-5-7-16(8-6-14)21(20)11-15-4-3-13(10-19)9-17(15)18/h3-9,12H,11H2,1-2H3. The third-order valence-electron chi connectivity index (χ3n) is 3.28. The lowest BCUT2D eigenvalue weighted by Gasteiger charge is -2.08. The number of hydrogen-bond acceptors (Lipinski definition) is 2. The van der Waals surface area contributed by atoms with Crippen molar-refractivity contribution >= 4 is 22.4 Å². The normalized spacial score (nSPS) is 12.1. The van der Waals surface area contributed by atoms with Crippen LogP contribution in [0, 0.1) is 11.3 Å². The molecule has 0 aliphatic heterocycles. The van der Waals surface area contributed by atoms with Gasteiger partial charge in [-0.25, -0.2) is 0 Å². The Morgan fingerprint density at radius 2 is 1.86 bits per heavy atom. The molecule has 0 aromatic heterocycles. The maximum absolute atomic E-state index is 12.4. The first-order valence-electron chi connectivity index (χ1n) is 6.68. The molecule has 0 saturated heterocycles. The number of benzene rings is 2. The van der Waals surface area contributed by atoms with E-state index in [0.717, 1.165) is 10.5 Å². The summed E-state index contributed by atoms with van der Waals surface area (Å²) in [5, 5.41) is 9.30. The summed E-state index contributed by atoms with van der Waals surface area (Å²) in [4.78, 5) is 0.792. The van der Waals surface area contributed by atoms with E-state index in [0.29, 0.717) is 22.3 Å². The SMILES string of the molecule is CC(C)c1ccc(S(=O)Cc2ccc(C#N)cc2Cl)cc1. The maximum Gasteiger partial charge on any atom is 0.0992 e. The van der Waals surface area contributed by atoms with E-state index < -0.39 is 10.8 Å². The fourth-order valence-electron chi connectivity index (χ4n) is 1.96. The van der Waals surface area contributed by atoms with Crippen LogP contribution in [0.5, 0.6) is 0 Å². The van der Waals surface area contributed by atoms with Crippen LogP contribution in [-0.4, -0.2) is 4.21 Å². The first kappa shape index (κ1) is 15.8. The molecule has 4 heteroatoms. The van der Waals surface area contributed by atoms with Crippen molar-refractivity contribution in [1.82, 2.24) is 0 Å². The monoisotopic (exact) mass is 317 g/mol. The van der Waals surface area contributed by atoms with E-state index in [-0.39, 0.29) is 0 Å². The molecule has 0 spiro atoms. The topological polar surface area (TPSA) is 40.9 Å². The van der Waals surface area contributed by atoms with Gasteiger partial charge in [-0.1, -0.05) is 43.6 Å². The fraction of sp³-hybridized carbons (Fsp3) is 0.235. The number of nitriles is 1. The Kier molecular flexibility index (Phi) is 5.17. The molecular weight excluding hydrogens is 302 g/mol. The molecule has 0 radical (unpaired) electrons. The molecule has 21 heavy (non-hydrogen) atoms. The lowest BCUT2D eigenvalue weighted by molar-refractivity contribution is 0.682. The Bertz CT molecular complexity index is 702.